The number of carbonyl (C=O) groups is 2. The topological polar surface area (TPSA) is 64.7 Å². The van der Waals surface area contributed by atoms with Crippen molar-refractivity contribution >= 4 is 17.6 Å². The molecule has 0 aliphatic carbocycles. The van der Waals surface area contributed by atoms with E-state index in [0.29, 0.717) is 23.8 Å². The summed E-state index contributed by atoms with van der Waals surface area (Å²) in [6.45, 7) is 4.52. The molecule has 2 fully saturated rings. The number of anilines is 1. The molecule has 30 heavy (non-hydrogen) atoms. The molecule has 2 aromatic rings. The fraction of sp³-hybridized carbons (Fsp3) is 0.417. The van der Waals surface area contributed by atoms with Crippen LogP contribution in [0.25, 0.3) is 0 Å². The van der Waals surface area contributed by atoms with E-state index in [1.807, 2.05) is 23.1 Å². The van der Waals surface area contributed by atoms with E-state index in [4.69, 9.17) is 0 Å². The van der Waals surface area contributed by atoms with Gasteiger partial charge in [0.05, 0.1) is 0 Å². The van der Waals surface area contributed by atoms with Crippen LogP contribution in [-0.2, 0) is 6.42 Å². The van der Waals surface area contributed by atoms with Crippen molar-refractivity contribution in [2.45, 2.75) is 31.7 Å². The first-order valence-corrected chi connectivity index (χ1v) is 10.9. The molecular weight excluding hydrogens is 376 g/mol. The number of nitrogens with zero attached hydrogens (tertiary/aromatic N) is 2. The van der Waals surface area contributed by atoms with E-state index >= 15 is 0 Å². The zero-order valence-electron chi connectivity index (χ0n) is 17.3. The van der Waals surface area contributed by atoms with Crippen LogP contribution in [0.5, 0.6) is 0 Å². The number of hydrogen-bond donors (Lipinski definition) is 2. The van der Waals surface area contributed by atoms with Gasteiger partial charge in [-0.25, -0.2) is 4.79 Å². The van der Waals surface area contributed by atoms with E-state index in [0.717, 1.165) is 39.0 Å². The van der Waals surface area contributed by atoms with Gasteiger partial charge in [0.1, 0.15) is 0 Å². The first-order valence-electron chi connectivity index (χ1n) is 10.9. The summed E-state index contributed by atoms with van der Waals surface area (Å²) < 4.78 is 0. The number of carbonyl (C=O) groups excluding carboxylic acids is 2. The van der Waals surface area contributed by atoms with Crippen LogP contribution in [0.4, 0.5) is 10.5 Å². The molecule has 0 spiro atoms. The zero-order chi connectivity index (χ0) is 20.8. The van der Waals surface area contributed by atoms with Crippen molar-refractivity contribution in [2.75, 3.05) is 38.0 Å². The summed E-state index contributed by atoms with van der Waals surface area (Å²) in [5, 5.41) is 5.91. The van der Waals surface area contributed by atoms with Gasteiger partial charge in [-0.1, -0.05) is 30.3 Å². The number of urea groups is 1. The zero-order valence-corrected chi connectivity index (χ0v) is 17.3. The van der Waals surface area contributed by atoms with Crippen LogP contribution >= 0.6 is 0 Å². The highest BCUT2D eigenvalue weighted by atomic mass is 16.2. The average molecular weight is 407 g/mol. The van der Waals surface area contributed by atoms with Crippen molar-refractivity contribution in [1.82, 2.24) is 15.1 Å². The van der Waals surface area contributed by atoms with E-state index in [-0.39, 0.29) is 11.9 Å². The van der Waals surface area contributed by atoms with Crippen LogP contribution in [0.3, 0.4) is 0 Å². The van der Waals surface area contributed by atoms with E-state index in [2.05, 4.69) is 27.7 Å². The highest BCUT2D eigenvalue weighted by molar-refractivity contribution is 5.95. The molecule has 0 saturated carbocycles. The number of amides is 3. The average Bonchev–Trinajstić information content (AvgIpc) is 3.47. The van der Waals surface area contributed by atoms with Gasteiger partial charge in [0.2, 0.25) is 0 Å². The molecule has 1 atom stereocenters. The molecular formula is C24H30N4O2. The van der Waals surface area contributed by atoms with Crippen molar-refractivity contribution in [1.29, 1.82) is 0 Å². The standard InChI is InChI=1S/C24H30N4O2/c29-23(25-14-12-19-6-2-1-3-7-19)20-8-10-21(11-9-20)26-24(30)28-17-13-22(18-28)27-15-4-5-16-27/h1-3,6-11,22H,4-5,12-18H2,(H,25,29)(H,26,30). The predicted molar refractivity (Wildman–Crippen MR) is 119 cm³/mol. The lowest BCUT2D eigenvalue weighted by molar-refractivity contribution is 0.0954. The van der Waals surface area contributed by atoms with Crippen LogP contribution in [0.2, 0.25) is 0 Å². The summed E-state index contributed by atoms with van der Waals surface area (Å²) in [6.07, 6.45) is 4.40. The fourth-order valence-corrected chi connectivity index (χ4v) is 4.31. The Hall–Kier alpha value is -2.86. The Kier molecular flexibility index (Phi) is 6.64. The third-order valence-corrected chi connectivity index (χ3v) is 6.05. The number of benzene rings is 2. The van der Waals surface area contributed by atoms with Gasteiger partial charge in [-0.15, -0.1) is 0 Å². The summed E-state index contributed by atoms with van der Waals surface area (Å²) >= 11 is 0. The van der Waals surface area contributed by atoms with Crippen LogP contribution in [0, 0.1) is 0 Å². The first-order chi connectivity index (χ1) is 14.7. The van der Waals surface area contributed by atoms with Gasteiger partial charge >= 0.3 is 6.03 Å². The lowest BCUT2D eigenvalue weighted by Gasteiger charge is -2.23. The second-order valence-corrected chi connectivity index (χ2v) is 8.13. The Morgan fingerprint density at radius 2 is 1.67 bits per heavy atom. The Morgan fingerprint density at radius 3 is 2.40 bits per heavy atom. The van der Waals surface area contributed by atoms with E-state index in [9.17, 15) is 9.59 Å². The predicted octanol–water partition coefficient (Wildman–Crippen LogP) is 3.36. The maximum atomic E-state index is 12.6. The SMILES string of the molecule is O=C(NCCc1ccccc1)c1ccc(NC(=O)N2CCC(N3CCCC3)C2)cc1. The van der Waals surface area contributed by atoms with Crippen molar-refractivity contribution in [2.24, 2.45) is 0 Å². The largest absolute Gasteiger partial charge is 0.352 e. The van der Waals surface area contributed by atoms with Crippen molar-refractivity contribution in [3.63, 3.8) is 0 Å². The smallest absolute Gasteiger partial charge is 0.321 e. The maximum Gasteiger partial charge on any atom is 0.321 e. The lowest BCUT2D eigenvalue weighted by atomic mass is 10.1. The second kappa shape index (κ2) is 9.76. The van der Waals surface area contributed by atoms with Crippen molar-refractivity contribution in [3.8, 4) is 0 Å². The van der Waals surface area contributed by atoms with Crippen LogP contribution in [0.1, 0.15) is 35.2 Å². The third kappa shape index (κ3) is 5.19. The molecule has 2 saturated heterocycles. The molecule has 0 bridgehead atoms. The highest BCUT2D eigenvalue weighted by Crippen LogP contribution is 2.21. The normalized spacial score (nSPS) is 19.1. The number of rotatable bonds is 6. The van der Waals surface area contributed by atoms with Crippen LogP contribution in [-0.4, -0.2) is 60.5 Å². The van der Waals surface area contributed by atoms with Crippen molar-refractivity contribution < 1.29 is 9.59 Å². The first kappa shape index (κ1) is 20.4. The molecule has 3 amide bonds. The molecule has 1 unspecified atom stereocenters. The summed E-state index contributed by atoms with van der Waals surface area (Å²) in [5.74, 6) is -0.100. The molecule has 4 rings (SSSR count). The third-order valence-electron chi connectivity index (χ3n) is 6.05. The second-order valence-electron chi connectivity index (χ2n) is 8.13. The number of nitrogens with one attached hydrogen (secondary N) is 2. The van der Waals surface area contributed by atoms with Gasteiger partial charge in [-0.05, 0) is 68.6 Å². The van der Waals surface area contributed by atoms with E-state index in [1.54, 1.807) is 24.3 Å². The summed E-state index contributed by atoms with van der Waals surface area (Å²) in [4.78, 5) is 29.3. The van der Waals surface area contributed by atoms with Gasteiger partial charge in [-0.3, -0.25) is 9.69 Å². The molecule has 158 valence electrons. The molecule has 6 heteroatoms. The minimum Gasteiger partial charge on any atom is -0.352 e. The minimum atomic E-state index is -0.100. The van der Waals surface area contributed by atoms with Crippen LogP contribution in [0.15, 0.2) is 54.6 Å². The minimum absolute atomic E-state index is 0.0586. The molecule has 2 aromatic carbocycles. The monoisotopic (exact) mass is 406 g/mol. The molecule has 2 aliphatic rings. The highest BCUT2D eigenvalue weighted by Gasteiger charge is 2.31. The molecule has 2 heterocycles. The molecule has 2 N–H and O–H groups in total. The van der Waals surface area contributed by atoms with Crippen LogP contribution < -0.4 is 10.6 Å². The van der Waals surface area contributed by atoms with Gasteiger partial charge in [0.15, 0.2) is 0 Å². The maximum absolute atomic E-state index is 12.6. The molecule has 0 radical (unpaired) electrons. The quantitative estimate of drug-likeness (QED) is 0.773. The van der Waals surface area contributed by atoms with Gasteiger partial charge in [0, 0.05) is 36.9 Å². The van der Waals surface area contributed by atoms with E-state index in [1.165, 1.54) is 18.4 Å². The Labute approximate surface area is 178 Å². The Morgan fingerprint density at radius 1 is 0.933 bits per heavy atom. The Balaban J connectivity index is 1.23. The number of hydrogen-bond acceptors (Lipinski definition) is 3. The van der Waals surface area contributed by atoms with Gasteiger partial charge < -0.3 is 15.5 Å². The summed E-state index contributed by atoms with van der Waals surface area (Å²) in [5.41, 5.74) is 2.51. The Bertz CT molecular complexity index is 847. The molecule has 2 aliphatic heterocycles. The van der Waals surface area contributed by atoms with E-state index < -0.39 is 0 Å². The lowest BCUT2D eigenvalue weighted by Crippen LogP contribution is -2.38. The van der Waals surface area contributed by atoms with Gasteiger partial charge in [-0.2, -0.15) is 0 Å². The molecule has 6 nitrogen and oxygen atoms in total. The summed E-state index contributed by atoms with van der Waals surface area (Å²) in [6, 6.07) is 17.6. The number of likely N-dealkylation sites (tertiary alicyclic amines) is 2. The fourth-order valence-electron chi connectivity index (χ4n) is 4.31. The molecule has 0 aromatic heterocycles. The summed E-state index contributed by atoms with van der Waals surface area (Å²) in [7, 11) is 0. The van der Waals surface area contributed by atoms with Crippen molar-refractivity contribution in [3.05, 3.63) is 65.7 Å². The van der Waals surface area contributed by atoms with Gasteiger partial charge in [0.25, 0.3) is 5.91 Å².